The van der Waals surface area contributed by atoms with Crippen molar-refractivity contribution in [3.63, 3.8) is 0 Å². The van der Waals surface area contributed by atoms with Crippen LogP contribution in [0.2, 0.25) is 0 Å². The molecule has 0 aliphatic carbocycles. The van der Waals surface area contributed by atoms with Crippen molar-refractivity contribution in [3.8, 4) is 0 Å². The molecule has 1 amide bonds. The number of aryl methyl sites for hydroxylation is 1. The molecule has 0 bridgehead atoms. The molecule has 1 aromatic carbocycles. The molecule has 1 heterocycles. The highest BCUT2D eigenvalue weighted by Crippen LogP contribution is 2.27. The molecule has 2 aromatic rings. The second-order valence-corrected chi connectivity index (χ2v) is 4.93. The standard InChI is InChI=1S/C13H12BrN3O2/c1-7-5-8(14)11(6-9(7)15)17-13(19)10-3-2-4-12(18)16-10/h2-6H,15H2,1H3,(H,16,18)(H,17,19). The molecule has 6 heteroatoms. The van der Waals surface area contributed by atoms with Gasteiger partial charge in [-0.3, -0.25) is 9.59 Å². The normalized spacial score (nSPS) is 10.2. The zero-order valence-electron chi connectivity index (χ0n) is 10.2. The van der Waals surface area contributed by atoms with E-state index in [1.54, 1.807) is 6.07 Å². The van der Waals surface area contributed by atoms with Crippen molar-refractivity contribution < 1.29 is 4.79 Å². The van der Waals surface area contributed by atoms with E-state index in [2.05, 4.69) is 26.2 Å². The van der Waals surface area contributed by atoms with Crippen LogP contribution in [-0.4, -0.2) is 10.9 Å². The van der Waals surface area contributed by atoms with Gasteiger partial charge in [-0.15, -0.1) is 0 Å². The number of hydrogen-bond acceptors (Lipinski definition) is 3. The molecule has 0 fully saturated rings. The molecule has 0 aliphatic rings. The van der Waals surface area contributed by atoms with Crippen LogP contribution >= 0.6 is 15.9 Å². The van der Waals surface area contributed by atoms with Crippen LogP contribution in [0.15, 0.2) is 39.6 Å². The first-order valence-corrected chi connectivity index (χ1v) is 6.33. The lowest BCUT2D eigenvalue weighted by Gasteiger charge is -2.10. The molecule has 19 heavy (non-hydrogen) atoms. The quantitative estimate of drug-likeness (QED) is 0.741. The molecular weight excluding hydrogens is 310 g/mol. The summed E-state index contributed by atoms with van der Waals surface area (Å²) in [7, 11) is 0. The smallest absolute Gasteiger partial charge is 0.272 e. The third-order valence-electron chi connectivity index (χ3n) is 2.62. The van der Waals surface area contributed by atoms with Gasteiger partial charge in [-0.05, 0) is 46.6 Å². The number of pyridine rings is 1. The van der Waals surface area contributed by atoms with Crippen molar-refractivity contribution in [2.75, 3.05) is 11.1 Å². The molecule has 2 rings (SSSR count). The lowest BCUT2D eigenvalue weighted by molar-refractivity contribution is 0.102. The first-order valence-electron chi connectivity index (χ1n) is 5.53. The number of aromatic amines is 1. The van der Waals surface area contributed by atoms with E-state index in [4.69, 9.17) is 5.73 Å². The highest BCUT2D eigenvalue weighted by Gasteiger charge is 2.10. The minimum atomic E-state index is -0.401. The summed E-state index contributed by atoms with van der Waals surface area (Å²) in [6.45, 7) is 1.88. The van der Waals surface area contributed by atoms with Gasteiger partial charge in [0.25, 0.3) is 5.91 Å². The summed E-state index contributed by atoms with van der Waals surface area (Å²) >= 11 is 3.35. The number of nitrogen functional groups attached to an aromatic ring is 1. The Bertz CT molecular complexity index is 695. The zero-order chi connectivity index (χ0) is 14.0. The highest BCUT2D eigenvalue weighted by molar-refractivity contribution is 9.10. The predicted molar refractivity (Wildman–Crippen MR) is 78.3 cm³/mol. The average molecular weight is 322 g/mol. The average Bonchev–Trinajstić information content (AvgIpc) is 2.36. The Morgan fingerprint density at radius 2 is 2.11 bits per heavy atom. The number of halogens is 1. The Kier molecular flexibility index (Phi) is 3.71. The lowest BCUT2D eigenvalue weighted by Crippen LogP contribution is -2.18. The molecule has 0 saturated carbocycles. The molecule has 0 saturated heterocycles. The van der Waals surface area contributed by atoms with Gasteiger partial charge in [0.2, 0.25) is 5.56 Å². The number of carbonyl (C=O) groups is 1. The fourth-order valence-corrected chi connectivity index (χ4v) is 2.11. The van der Waals surface area contributed by atoms with Gasteiger partial charge in [-0.2, -0.15) is 0 Å². The van der Waals surface area contributed by atoms with Crippen LogP contribution in [0.1, 0.15) is 16.1 Å². The maximum Gasteiger partial charge on any atom is 0.272 e. The Hall–Kier alpha value is -2.08. The maximum atomic E-state index is 12.0. The number of nitrogens with two attached hydrogens (primary N) is 1. The van der Waals surface area contributed by atoms with Gasteiger partial charge in [0.15, 0.2) is 0 Å². The summed E-state index contributed by atoms with van der Waals surface area (Å²) in [5.41, 5.74) is 7.72. The number of benzene rings is 1. The van der Waals surface area contributed by atoms with Crippen molar-refractivity contribution in [3.05, 3.63) is 56.4 Å². The molecule has 0 atom stereocenters. The number of H-pyrrole nitrogens is 1. The Morgan fingerprint density at radius 1 is 1.37 bits per heavy atom. The second kappa shape index (κ2) is 5.27. The van der Waals surface area contributed by atoms with Gasteiger partial charge in [-0.1, -0.05) is 6.07 Å². The number of nitrogens with one attached hydrogen (secondary N) is 2. The van der Waals surface area contributed by atoms with Crippen LogP contribution in [0.3, 0.4) is 0 Å². The largest absolute Gasteiger partial charge is 0.398 e. The van der Waals surface area contributed by atoms with E-state index in [1.165, 1.54) is 18.2 Å². The van der Waals surface area contributed by atoms with Crippen molar-refractivity contribution in [1.29, 1.82) is 0 Å². The summed E-state index contributed by atoms with van der Waals surface area (Å²) in [5, 5.41) is 2.69. The van der Waals surface area contributed by atoms with Gasteiger partial charge in [0.05, 0.1) is 5.69 Å². The van der Waals surface area contributed by atoms with Crippen LogP contribution in [0.4, 0.5) is 11.4 Å². The molecule has 0 unspecified atom stereocenters. The molecule has 1 aromatic heterocycles. The first-order chi connectivity index (χ1) is 8.97. The summed E-state index contributed by atoms with van der Waals surface area (Å²) < 4.78 is 0.728. The van der Waals surface area contributed by atoms with E-state index >= 15 is 0 Å². The van der Waals surface area contributed by atoms with E-state index in [-0.39, 0.29) is 11.3 Å². The molecule has 0 aliphatic heterocycles. The fraction of sp³-hybridized carbons (Fsp3) is 0.0769. The van der Waals surface area contributed by atoms with Crippen LogP contribution in [-0.2, 0) is 0 Å². The maximum absolute atomic E-state index is 12.0. The highest BCUT2D eigenvalue weighted by atomic mass is 79.9. The van der Waals surface area contributed by atoms with Crippen molar-refractivity contribution in [2.24, 2.45) is 0 Å². The molecule has 5 nitrogen and oxygen atoms in total. The van der Waals surface area contributed by atoms with E-state index < -0.39 is 5.91 Å². The molecule has 4 N–H and O–H groups in total. The lowest BCUT2D eigenvalue weighted by atomic mass is 10.2. The van der Waals surface area contributed by atoms with Crippen molar-refractivity contribution in [1.82, 2.24) is 4.98 Å². The molecule has 0 radical (unpaired) electrons. The number of rotatable bonds is 2. The van der Waals surface area contributed by atoms with E-state index in [9.17, 15) is 9.59 Å². The number of amides is 1. The number of aromatic nitrogens is 1. The van der Waals surface area contributed by atoms with Gasteiger partial charge < -0.3 is 16.0 Å². The van der Waals surface area contributed by atoms with E-state index in [1.807, 2.05) is 13.0 Å². The minimum absolute atomic E-state index is 0.193. The fourth-order valence-electron chi connectivity index (χ4n) is 1.56. The predicted octanol–water partition coefficient (Wildman–Crippen LogP) is 2.28. The molecular formula is C13H12BrN3O2. The summed E-state index contributed by atoms with van der Waals surface area (Å²) in [5.74, 6) is -0.401. The second-order valence-electron chi connectivity index (χ2n) is 4.07. The molecule has 0 spiro atoms. The van der Waals surface area contributed by atoms with Crippen molar-refractivity contribution >= 4 is 33.2 Å². The number of anilines is 2. The summed E-state index contributed by atoms with van der Waals surface area (Å²) in [6, 6.07) is 7.88. The van der Waals surface area contributed by atoms with E-state index in [0.717, 1.165) is 10.0 Å². The minimum Gasteiger partial charge on any atom is -0.398 e. The topological polar surface area (TPSA) is 88.0 Å². The Labute approximate surface area is 118 Å². The zero-order valence-corrected chi connectivity index (χ0v) is 11.7. The summed E-state index contributed by atoms with van der Waals surface area (Å²) in [4.78, 5) is 25.6. The third kappa shape index (κ3) is 3.03. The SMILES string of the molecule is Cc1cc(Br)c(NC(=O)c2cccc(=O)[nH]2)cc1N. The van der Waals surface area contributed by atoms with Crippen molar-refractivity contribution in [2.45, 2.75) is 6.92 Å². The van der Waals surface area contributed by atoms with Crippen LogP contribution in [0.25, 0.3) is 0 Å². The Morgan fingerprint density at radius 3 is 2.79 bits per heavy atom. The third-order valence-corrected chi connectivity index (χ3v) is 3.27. The summed E-state index contributed by atoms with van der Waals surface area (Å²) in [6.07, 6.45) is 0. The van der Waals surface area contributed by atoms with Gasteiger partial charge in [0, 0.05) is 16.2 Å². The van der Waals surface area contributed by atoms with Gasteiger partial charge in [0.1, 0.15) is 5.69 Å². The van der Waals surface area contributed by atoms with Gasteiger partial charge >= 0.3 is 0 Å². The van der Waals surface area contributed by atoms with Crippen LogP contribution in [0.5, 0.6) is 0 Å². The van der Waals surface area contributed by atoms with Crippen LogP contribution < -0.4 is 16.6 Å². The van der Waals surface area contributed by atoms with Gasteiger partial charge in [-0.25, -0.2) is 0 Å². The monoisotopic (exact) mass is 321 g/mol. The van der Waals surface area contributed by atoms with Crippen LogP contribution in [0, 0.1) is 6.92 Å². The Balaban J connectivity index is 2.29. The first kappa shape index (κ1) is 13.4. The molecule has 98 valence electrons. The number of carbonyl (C=O) groups excluding carboxylic acids is 1. The number of hydrogen-bond donors (Lipinski definition) is 3. The van der Waals surface area contributed by atoms with E-state index in [0.29, 0.717) is 11.4 Å².